The van der Waals surface area contributed by atoms with Gasteiger partial charge in [-0.25, -0.2) is 12.7 Å². The third-order valence-electron chi connectivity index (χ3n) is 4.70. The SMILES string of the molecule is CCN1C(=O)c2ccc(C(=O)NC3CNCCC3C)cc2S1(=O)=O. The summed E-state index contributed by atoms with van der Waals surface area (Å²) in [5.41, 5.74) is 0.377. The Morgan fingerprint density at radius 1 is 1.42 bits per heavy atom. The van der Waals surface area contributed by atoms with Gasteiger partial charge in [-0.1, -0.05) is 6.92 Å². The van der Waals surface area contributed by atoms with Crippen LogP contribution in [0.4, 0.5) is 0 Å². The van der Waals surface area contributed by atoms with Crippen molar-refractivity contribution in [2.75, 3.05) is 19.6 Å². The molecule has 2 aliphatic rings. The summed E-state index contributed by atoms with van der Waals surface area (Å²) in [5.74, 6) is -0.508. The molecule has 7 nitrogen and oxygen atoms in total. The van der Waals surface area contributed by atoms with Crippen molar-refractivity contribution >= 4 is 21.8 Å². The highest BCUT2D eigenvalue weighted by atomic mass is 32.2. The minimum atomic E-state index is -3.85. The lowest BCUT2D eigenvalue weighted by molar-refractivity contribution is 0.0872. The molecular weight excluding hydrogens is 330 g/mol. The molecule has 0 aliphatic carbocycles. The average molecular weight is 351 g/mol. The van der Waals surface area contributed by atoms with Crippen LogP contribution in [0.1, 0.15) is 41.0 Å². The fraction of sp³-hybridized carbons (Fsp3) is 0.500. The van der Waals surface area contributed by atoms with E-state index in [4.69, 9.17) is 0 Å². The molecule has 2 heterocycles. The molecular formula is C16H21N3O4S. The zero-order valence-corrected chi connectivity index (χ0v) is 14.5. The van der Waals surface area contributed by atoms with Crippen molar-refractivity contribution in [3.8, 4) is 0 Å². The van der Waals surface area contributed by atoms with Gasteiger partial charge in [0.25, 0.3) is 21.8 Å². The molecule has 1 aromatic rings. The van der Waals surface area contributed by atoms with Crippen molar-refractivity contribution in [3.63, 3.8) is 0 Å². The second-order valence-electron chi connectivity index (χ2n) is 6.24. The number of nitrogens with one attached hydrogen (secondary N) is 2. The zero-order chi connectivity index (χ0) is 17.5. The third kappa shape index (κ3) is 2.69. The largest absolute Gasteiger partial charge is 0.348 e. The number of hydrogen-bond donors (Lipinski definition) is 2. The highest BCUT2D eigenvalue weighted by molar-refractivity contribution is 7.90. The van der Waals surface area contributed by atoms with E-state index in [1.807, 2.05) is 0 Å². The maximum absolute atomic E-state index is 12.5. The van der Waals surface area contributed by atoms with Crippen molar-refractivity contribution in [3.05, 3.63) is 29.3 Å². The Labute approximate surface area is 141 Å². The smallest absolute Gasteiger partial charge is 0.268 e. The summed E-state index contributed by atoms with van der Waals surface area (Å²) in [5, 5.41) is 6.18. The standard InChI is InChI=1S/C16H21N3O4S/c1-3-19-16(21)12-5-4-11(8-14(12)24(19,22)23)15(20)18-13-9-17-7-6-10(13)2/h4-5,8,10,13,17H,3,6-7,9H2,1-2H3,(H,18,20). The van der Waals surface area contributed by atoms with E-state index >= 15 is 0 Å². The summed E-state index contributed by atoms with van der Waals surface area (Å²) in [4.78, 5) is 24.5. The van der Waals surface area contributed by atoms with Crippen LogP contribution >= 0.6 is 0 Å². The summed E-state index contributed by atoms with van der Waals surface area (Å²) in [6.45, 7) is 5.38. The molecule has 2 atom stereocenters. The van der Waals surface area contributed by atoms with Gasteiger partial charge in [0.05, 0.1) is 5.56 Å². The fourth-order valence-corrected chi connectivity index (χ4v) is 4.77. The molecule has 0 saturated carbocycles. The normalized spacial score (nSPS) is 25.4. The first-order valence-electron chi connectivity index (χ1n) is 8.09. The number of carbonyl (C=O) groups excluding carboxylic acids is 2. The predicted molar refractivity (Wildman–Crippen MR) is 88.2 cm³/mol. The van der Waals surface area contributed by atoms with Gasteiger partial charge in [0.15, 0.2) is 0 Å². The van der Waals surface area contributed by atoms with E-state index < -0.39 is 15.9 Å². The van der Waals surface area contributed by atoms with E-state index in [2.05, 4.69) is 17.6 Å². The number of hydrogen-bond acceptors (Lipinski definition) is 5. The quantitative estimate of drug-likeness (QED) is 0.830. The predicted octanol–water partition coefficient (Wildman–Crippen LogP) is 0.579. The maximum atomic E-state index is 12.5. The topological polar surface area (TPSA) is 95.6 Å². The van der Waals surface area contributed by atoms with Crippen LogP contribution < -0.4 is 10.6 Å². The van der Waals surface area contributed by atoms with E-state index in [1.54, 1.807) is 6.92 Å². The Kier molecular flexibility index (Phi) is 4.35. The van der Waals surface area contributed by atoms with Crippen LogP contribution in [0.15, 0.2) is 23.1 Å². The minimum absolute atomic E-state index is 0.00452. The molecule has 2 aliphatic heterocycles. The van der Waals surface area contributed by atoms with E-state index in [1.165, 1.54) is 18.2 Å². The van der Waals surface area contributed by atoms with Crippen molar-refractivity contribution in [2.24, 2.45) is 5.92 Å². The third-order valence-corrected chi connectivity index (χ3v) is 6.60. The monoisotopic (exact) mass is 351 g/mol. The highest BCUT2D eigenvalue weighted by Crippen LogP contribution is 2.30. The van der Waals surface area contributed by atoms with Crippen LogP contribution in [-0.4, -0.2) is 50.2 Å². The zero-order valence-electron chi connectivity index (χ0n) is 13.7. The van der Waals surface area contributed by atoms with Gasteiger partial charge in [0, 0.05) is 24.7 Å². The molecule has 1 aromatic carbocycles. The molecule has 0 spiro atoms. The molecule has 130 valence electrons. The molecule has 0 radical (unpaired) electrons. The van der Waals surface area contributed by atoms with E-state index in [9.17, 15) is 18.0 Å². The number of nitrogens with zero attached hydrogens (tertiary/aromatic N) is 1. The second-order valence-corrected chi connectivity index (χ2v) is 8.07. The summed E-state index contributed by atoms with van der Waals surface area (Å²) >= 11 is 0. The molecule has 2 unspecified atom stereocenters. The van der Waals surface area contributed by atoms with Crippen LogP contribution in [0.3, 0.4) is 0 Å². The molecule has 1 saturated heterocycles. The van der Waals surface area contributed by atoms with Crippen LogP contribution in [0.5, 0.6) is 0 Å². The number of benzene rings is 1. The number of rotatable bonds is 3. The van der Waals surface area contributed by atoms with Gasteiger partial charge in [0.1, 0.15) is 4.90 Å². The molecule has 3 rings (SSSR count). The van der Waals surface area contributed by atoms with Crippen molar-refractivity contribution < 1.29 is 18.0 Å². The highest BCUT2D eigenvalue weighted by Gasteiger charge is 2.40. The lowest BCUT2D eigenvalue weighted by atomic mass is 9.94. The number of piperidine rings is 1. The molecule has 2 amide bonds. The molecule has 1 fully saturated rings. The van der Waals surface area contributed by atoms with Crippen LogP contribution in [0.2, 0.25) is 0 Å². The summed E-state index contributed by atoms with van der Waals surface area (Å²) in [6, 6.07) is 4.23. The van der Waals surface area contributed by atoms with Gasteiger partial charge in [-0.2, -0.15) is 0 Å². The summed E-state index contributed by atoms with van der Waals surface area (Å²) in [7, 11) is -3.85. The van der Waals surface area contributed by atoms with Crippen LogP contribution in [0.25, 0.3) is 0 Å². The Balaban J connectivity index is 1.87. The number of fused-ring (bicyclic) bond motifs is 1. The molecule has 8 heteroatoms. The van der Waals surface area contributed by atoms with Crippen molar-refractivity contribution in [1.29, 1.82) is 0 Å². The van der Waals surface area contributed by atoms with Gasteiger partial charge < -0.3 is 10.6 Å². The molecule has 24 heavy (non-hydrogen) atoms. The minimum Gasteiger partial charge on any atom is -0.348 e. The van der Waals surface area contributed by atoms with Crippen LogP contribution in [-0.2, 0) is 10.0 Å². The lowest BCUT2D eigenvalue weighted by Crippen LogP contribution is -2.50. The molecule has 2 N–H and O–H groups in total. The van der Waals surface area contributed by atoms with Crippen molar-refractivity contribution in [1.82, 2.24) is 14.9 Å². The fourth-order valence-electron chi connectivity index (χ4n) is 3.16. The first-order chi connectivity index (χ1) is 11.4. The Hall–Kier alpha value is -1.93. The van der Waals surface area contributed by atoms with Gasteiger partial charge in [-0.3, -0.25) is 9.59 Å². The van der Waals surface area contributed by atoms with Crippen LogP contribution in [0, 0.1) is 5.92 Å². The number of sulfonamides is 1. The van der Waals surface area contributed by atoms with E-state index in [-0.39, 0.29) is 34.5 Å². The van der Waals surface area contributed by atoms with Gasteiger partial charge >= 0.3 is 0 Å². The van der Waals surface area contributed by atoms with Gasteiger partial charge in [-0.15, -0.1) is 0 Å². The first-order valence-corrected chi connectivity index (χ1v) is 9.53. The van der Waals surface area contributed by atoms with Gasteiger partial charge in [0.2, 0.25) is 0 Å². The Morgan fingerprint density at radius 2 is 2.17 bits per heavy atom. The maximum Gasteiger partial charge on any atom is 0.268 e. The van der Waals surface area contributed by atoms with Crippen molar-refractivity contribution in [2.45, 2.75) is 31.2 Å². The Morgan fingerprint density at radius 3 is 2.83 bits per heavy atom. The summed E-state index contributed by atoms with van der Waals surface area (Å²) < 4.78 is 25.6. The summed E-state index contributed by atoms with van der Waals surface area (Å²) in [6.07, 6.45) is 0.976. The second kappa shape index (κ2) is 6.18. The Bertz CT molecular complexity index is 791. The molecule has 0 bridgehead atoms. The van der Waals surface area contributed by atoms with Gasteiger partial charge in [-0.05, 0) is 44.0 Å². The average Bonchev–Trinajstić information content (AvgIpc) is 2.75. The number of carbonyl (C=O) groups is 2. The first kappa shape index (κ1) is 16.9. The lowest BCUT2D eigenvalue weighted by Gasteiger charge is -2.30. The van der Waals surface area contributed by atoms with E-state index in [0.29, 0.717) is 12.5 Å². The van der Waals surface area contributed by atoms with E-state index in [0.717, 1.165) is 17.3 Å². The number of amides is 2. The molecule has 0 aromatic heterocycles.